The van der Waals surface area contributed by atoms with Crippen LogP contribution in [0.3, 0.4) is 0 Å². The fraction of sp³-hybridized carbons (Fsp3) is 0.150. The highest BCUT2D eigenvalue weighted by Crippen LogP contribution is 2.24. The fourth-order valence-electron chi connectivity index (χ4n) is 2.46. The van der Waals surface area contributed by atoms with Crippen LogP contribution in [0.2, 0.25) is 5.02 Å². The van der Waals surface area contributed by atoms with Crippen LogP contribution < -0.4 is 10.6 Å². The van der Waals surface area contributed by atoms with Crippen molar-refractivity contribution >= 4 is 39.8 Å². The molecule has 5 nitrogen and oxygen atoms in total. The zero-order valence-electron chi connectivity index (χ0n) is 14.7. The first-order valence-electron chi connectivity index (χ1n) is 8.57. The second-order valence-corrected chi connectivity index (χ2v) is 7.32. The summed E-state index contributed by atoms with van der Waals surface area (Å²) in [6.07, 6.45) is 2.17. The van der Waals surface area contributed by atoms with Crippen LogP contribution in [0.1, 0.15) is 32.0 Å². The summed E-state index contributed by atoms with van der Waals surface area (Å²) in [6, 6.07) is 12.4. The number of benzene rings is 2. The van der Waals surface area contributed by atoms with Gasteiger partial charge < -0.3 is 10.6 Å². The maximum atomic E-state index is 13.1. The van der Waals surface area contributed by atoms with Crippen LogP contribution in [-0.2, 0) is 0 Å². The van der Waals surface area contributed by atoms with Crippen molar-refractivity contribution in [2.24, 2.45) is 0 Å². The van der Waals surface area contributed by atoms with Crippen LogP contribution in [-0.4, -0.2) is 29.8 Å². The van der Waals surface area contributed by atoms with Crippen LogP contribution in [0.4, 0.5) is 9.52 Å². The summed E-state index contributed by atoms with van der Waals surface area (Å²) in [4.78, 5) is 29.1. The topological polar surface area (TPSA) is 71.1 Å². The minimum atomic E-state index is -0.444. The van der Waals surface area contributed by atoms with E-state index < -0.39 is 5.82 Å². The zero-order chi connectivity index (χ0) is 19.9. The lowest BCUT2D eigenvalue weighted by molar-refractivity contribution is 0.0952. The number of halogens is 2. The van der Waals surface area contributed by atoms with Crippen molar-refractivity contribution in [3.05, 3.63) is 81.6 Å². The molecule has 2 aromatic carbocycles. The third-order valence-electron chi connectivity index (χ3n) is 3.85. The predicted octanol–water partition coefficient (Wildman–Crippen LogP) is 4.40. The minimum Gasteiger partial charge on any atom is -0.361 e. The predicted molar refractivity (Wildman–Crippen MR) is 109 cm³/mol. The minimum absolute atomic E-state index is 0.168. The molecule has 2 N–H and O–H groups in total. The second kappa shape index (κ2) is 9.43. The molecular formula is C20H17ClFN3O2S. The highest BCUT2D eigenvalue weighted by atomic mass is 35.5. The van der Waals surface area contributed by atoms with Gasteiger partial charge in [-0.25, -0.2) is 9.37 Å². The van der Waals surface area contributed by atoms with Gasteiger partial charge in [0.25, 0.3) is 5.91 Å². The average Bonchev–Trinajstić information content (AvgIpc) is 3.16. The van der Waals surface area contributed by atoms with E-state index in [1.807, 2.05) is 0 Å². The van der Waals surface area contributed by atoms with Gasteiger partial charge >= 0.3 is 0 Å². The van der Waals surface area contributed by atoms with Crippen LogP contribution in [0.5, 0.6) is 0 Å². The number of rotatable bonds is 8. The molecule has 0 aliphatic rings. The molecule has 0 radical (unpaired) electrons. The molecule has 3 aromatic rings. The standard InChI is InChI=1S/C20H17ClFN3O2S/c21-16-8-2-1-7-15(16)18(26)17-12-25-20(28-17)24-10-4-9-23-19(27)13-5-3-6-14(22)11-13/h1-3,5-8,11-12H,4,9-10H2,(H,23,27)(H,24,25). The van der Waals surface area contributed by atoms with Gasteiger partial charge in [0.2, 0.25) is 5.78 Å². The Morgan fingerprint density at radius 3 is 2.71 bits per heavy atom. The third kappa shape index (κ3) is 5.15. The number of ketones is 1. The van der Waals surface area contributed by atoms with E-state index in [1.54, 1.807) is 30.3 Å². The molecule has 0 saturated heterocycles. The van der Waals surface area contributed by atoms with Crippen molar-refractivity contribution in [2.75, 3.05) is 18.4 Å². The maximum Gasteiger partial charge on any atom is 0.251 e. The Morgan fingerprint density at radius 1 is 1.11 bits per heavy atom. The highest BCUT2D eigenvalue weighted by molar-refractivity contribution is 7.17. The summed E-state index contributed by atoms with van der Waals surface area (Å²) in [5.41, 5.74) is 0.732. The Hall–Kier alpha value is -2.77. The molecule has 0 fully saturated rings. The van der Waals surface area contributed by atoms with Gasteiger partial charge in [-0.05, 0) is 36.8 Å². The monoisotopic (exact) mass is 417 g/mol. The number of aromatic nitrogens is 1. The van der Waals surface area contributed by atoms with Gasteiger partial charge in [-0.2, -0.15) is 0 Å². The van der Waals surface area contributed by atoms with Crippen molar-refractivity contribution in [1.82, 2.24) is 10.3 Å². The lowest BCUT2D eigenvalue weighted by Gasteiger charge is -2.06. The zero-order valence-corrected chi connectivity index (χ0v) is 16.3. The van der Waals surface area contributed by atoms with Crippen LogP contribution in [0, 0.1) is 5.82 Å². The van der Waals surface area contributed by atoms with E-state index in [4.69, 9.17) is 11.6 Å². The molecule has 0 aliphatic heterocycles. The first-order valence-corrected chi connectivity index (χ1v) is 9.77. The third-order valence-corrected chi connectivity index (χ3v) is 5.13. The number of thiazole rings is 1. The van der Waals surface area contributed by atoms with Crippen LogP contribution in [0.25, 0.3) is 0 Å². The molecule has 0 unspecified atom stereocenters. The Morgan fingerprint density at radius 2 is 1.93 bits per heavy atom. The molecule has 3 rings (SSSR count). The molecule has 0 bridgehead atoms. The normalized spacial score (nSPS) is 10.5. The quantitative estimate of drug-likeness (QED) is 0.421. The summed E-state index contributed by atoms with van der Waals surface area (Å²) in [7, 11) is 0. The summed E-state index contributed by atoms with van der Waals surface area (Å²) >= 11 is 7.31. The largest absolute Gasteiger partial charge is 0.361 e. The van der Waals surface area contributed by atoms with Gasteiger partial charge in [0.15, 0.2) is 5.13 Å². The second-order valence-electron chi connectivity index (χ2n) is 5.89. The molecule has 1 amide bonds. The molecule has 0 saturated carbocycles. The van der Waals surface area contributed by atoms with Crippen molar-refractivity contribution < 1.29 is 14.0 Å². The lowest BCUT2D eigenvalue weighted by Crippen LogP contribution is -2.25. The summed E-state index contributed by atoms with van der Waals surface area (Å²) in [5.74, 6) is -0.930. The Balaban J connectivity index is 1.44. The van der Waals surface area contributed by atoms with Gasteiger partial charge in [0.05, 0.1) is 16.1 Å². The Bertz CT molecular complexity index is 993. The first-order chi connectivity index (χ1) is 13.5. The number of carbonyl (C=O) groups is 2. The molecule has 0 atom stereocenters. The molecule has 28 heavy (non-hydrogen) atoms. The average molecular weight is 418 g/mol. The van der Waals surface area contributed by atoms with Crippen molar-refractivity contribution in [3.63, 3.8) is 0 Å². The first kappa shape index (κ1) is 20.0. The number of nitrogens with zero attached hydrogens (tertiary/aromatic N) is 1. The number of hydrogen-bond donors (Lipinski definition) is 2. The van der Waals surface area contributed by atoms with Gasteiger partial charge in [-0.15, -0.1) is 0 Å². The molecule has 1 heterocycles. The van der Waals surface area contributed by atoms with Gasteiger partial charge in [-0.3, -0.25) is 9.59 Å². The maximum absolute atomic E-state index is 13.1. The Labute approximate surface area is 170 Å². The fourth-order valence-corrected chi connectivity index (χ4v) is 3.47. The van der Waals surface area contributed by atoms with E-state index in [1.165, 1.54) is 35.7 Å². The number of nitrogens with one attached hydrogen (secondary N) is 2. The highest BCUT2D eigenvalue weighted by Gasteiger charge is 2.15. The molecule has 8 heteroatoms. The Kier molecular flexibility index (Phi) is 6.73. The molecule has 1 aromatic heterocycles. The van der Waals surface area contributed by atoms with E-state index >= 15 is 0 Å². The summed E-state index contributed by atoms with van der Waals surface area (Å²) in [6.45, 7) is 0.996. The van der Waals surface area contributed by atoms with E-state index in [0.717, 1.165) is 0 Å². The molecule has 144 valence electrons. The molecule has 0 spiro atoms. The number of carbonyl (C=O) groups excluding carboxylic acids is 2. The van der Waals surface area contributed by atoms with E-state index in [0.29, 0.717) is 40.1 Å². The van der Waals surface area contributed by atoms with E-state index in [2.05, 4.69) is 15.6 Å². The SMILES string of the molecule is O=C(NCCCNc1ncc(C(=O)c2ccccc2Cl)s1)c1cccc(F)c1. The number of anilines is 1. The van der Waals surface area contributed by atoms with Crippen molar-refractivity contribution in [3.8, 4) is 0 Å². The molecular weight excluding hydrogens is 401 g/mol. The van der Waals surface area contributed by atoms with Crippen LogP contribution >= 0.6 is 22.9 Å². The van der Waals surface area contributed by atoms with Crippen molar-refractivity contribution in [1.29, 1.82) is 0 Å². The smallest absolute Gasteiger partial charge is 0.251 e. The van der Waals surface area contributed by atoms with Crippen molar-refractivity contribution in [2.45, 2.75) is 6.42 Å². The summed E-state index contributed by atoms with van der Waals surface area (Å²) < 4.78 is 13.1. The van der Waals surface area contributed by atoms with Gasteiger partial charge in [0, 0.05) is 24.2 Å². The van der Waals surface area contributed by atoms with E-state index in [9.17, 15) is 14.0 Å². The summed E-state index contributed by atoms with van der Waals surface area (Å²) in [5, 5.41) is 6.88. The van der Waals surface area contributed by atoms with Gasteiger partial charge in [-0.1, -0.05) is 41.1 Å². The van der Waals surface area contributed by atoms with E-state index in [-0.39, 0.29) is 17.3 Å². The molecule has 0 aliphatic carbocycles. The lowest BCUT2D eigenvalue weighted by atomic mass is 10.1. The van der Waals surface area contributed by atoms with Gasteiger partial charge in [0.1, 0.15) is 5.82 Å². The van der Waals surface area contributed by atoms with Crippen LogP contribution in [0.15, 0.2) is 54.7 Å². The number of amides is 1. The number of hydrogen-bond acceptors (Lipinski definition) is 5.